The summed E-state index contributed by atoms with van der Waals surface area (Å²) in [6.07, 6.45) is 1.39. The summed E-state index contributed by atoms with van der Waals surface area (Å²) in [5.41, 5.74) is 1.44. The van der Waals surface area contributed by atoms with Gasteiger partial charge in [-0.05, 0) is 23.8 Å². The van der Waals surface area contributed by atoms with Crippen molar-refractivity contribution in [2.45, 2.75) is 26.8 Å². The van der Waals surface area contributed by atoms with Gasteiger partial charge in [0.2, 0.25) is 0 Å². The quantitative estimate of drug-likeness (QED) is 0.713. The lowest BCUT2D eigenvalue weighted by Crippen LogP contribution is -2.38. The fourth-order valence-electron chi connectivity index (χ4n) is 2.76. The zero-order valence-electron chi connectivity index (χ0n) is 9.82. The molecule has 1 aromatic carbocycles. The molecule has 1 heteroatoms. The van der Waals surface area contributed by atoms with E-state index in [4.69, 9.17) is 0 Å². The topological polar surface area (TPSA) is 3.24 Å². The van der Waals surface area contributed by atoms with Gasteiger partial charge in [-0.15, -0.1) is 0 Å². The van der Waals surface area contributed by atoms with E-state index in [1.807, 2.05) is 0 Å². The molecule has 0 radical (unpaired) electrons. The Morgan fingerprint density at radius 1 is 1.07 bits per heavy atom. The first-order chi connectivity index (χ1) is 7.24. The van der Waals surface area contributed by atoms with Crippen LogP contribution in [-0.4, -0.2) is 18.0 Å². The second-order valence-corrected chi connectivity index (χ2v) is 5.13. The van der Waals surface area contributed by atoms with Crippen LogP contribution in [0.5, 0.6) is 0 Å². The van der Waals surface area contributed by atoms with Crippen LogP contribution in [-0.2, 0) is 6.54 Å². The Morgan fingerprint density at radius 2 is 1.67 bits per heavy atom. The summed E-state index contributed by atoms with van der Waals surface area (Å²) in [7, 11) is 0. The molecule has 1 nitrogen and oxygen atoms in total. The fourth-order valence-corrected chi connectivity index (χ4v) is 2.76. The SMILES string of the molecule is C[C@H]1C[C@H](C)CN(Cc2ccccc2)C1. The number of rotatable bonds is 2. The molecular formula is C14H21N. The van der Waals surface area contributed by atoms with Crippen molar-refractivity contribution in [3.05, 3.63) is 35.9 Å². The molecule has 15 heavy (non-hydrogen) atoms. The van der Waals surface area contributed by atoms with Crippen LogP contribution in [0, 0.1) is 11.8 Å². The Morgan fingerprint density at radius 3 is 2.27 bits per heavy atom. The summed E-state index contributed by atoms with van der Waals surface area (Å²) in [5, 5.41) is 0. The zero-order chi connectivity index (χ0) is 10.7. The highest BCUT2D eigenvalue weighted by molar-refractivity contribution is 5.14. The summed E-state index contributed by atoms with van der Waals surface area (Å²) in [6.45, 7) is 8.38. The van der Waals surface area contributed by atoms with Crippen LogP contribution in [0.1, 0.15) is 25.8 Å². The Labute approximate surface area is 93.1 Å². The minimum Gasteiger partial charge on any atom is -0.299 e. The average molecular weight is 203 g/mol. The van der Waals surface area contributed by atoms with Crippen LogP contribution in [0.25, 0.3) is 0 Å². The van der Waals surface area contributed by atoms with Crippen LogP contribution in [0.15, 0.2) is 30.3 Å². The highest BCUT2D eigenvalue weighted by Crippen LogP contribution is 2.22. The third-order valence-electron chi connectivity index (χ3n) is 3.19. The molecule has 0 unspecified atom stereocenters. The van der Waals surface area contributed by atoms with Crippen LogP contribution in [0.3, 0.4) is 0 Å². The van der Waals surface area contributed by atoms with Crippen molar-refractivity contribution in [1.29, 1.82) is 0 Å². The predicted octanol–water partition coefficient (Wildman–Crippen LogP) is 3.16. The largest absolute Gasteiger partial charge is 0.299 e. The molecule has 0 aromatic heterocycles. The first-order valence-electron chi connectivity index (χ1n) is 6.00. The van der Waals surface area contributed by atoms with E-state index in [9.17, 15) is 0 Å². The van der Waals surface area contributed by atoms with E-state index in [1.54, 1.807) is 0 Å². The molecule has 1 aliphatic heterocycles. The van der Waals surface area contributed by atoms with Crippen molar-refractivity contribution in [2.24, 2.45) is 11.8 Å². The lowest BCUT2D eigenvalue weighted by Gasteiger charge is -2.34. The van der Waals surface area contributed by atoms with Gasteiger partial charge < -0.3 is 0 Å². The molecule has 2 rings (SSSR count). The molecule has 1 fully saturated rings. The van der Waals surface area contributed by atoms with Gasteiger partial charge in [0.15, 0.2) is 0 Å². The van der Waals surface area contributed by atoms with Gasteiger partial charge in [-0.2, -0.15) is 0 Å². The van der Waals surface area contributed by atoms with Gasteiger partial charge in [0.1, 0.15) is 0 Å². The van der Waals surface area contributed by atoms with E-state index in [2.05, 4.69) is 49.1 Å². The first-order valence-corrected chi connectivity index (χ1v) is 6.00. The molecule has 82 valence electrons. The smallest absolute Gasteiger partial charge is 0.0233 e. The van der Waals surface area contributed by atoms with Crippen molar-refractivity contribution in [3.63, 3.8) is 0 Å². The van der Waals surface area contributed by atoms with E-state index >= 15 is 0 Å². The van der Waals surface area contributed by atoms with Crippen LogP contribution < -0.4 is 0 Å². The normalized spacial score (nSPS) is 27.9. The van der Waals surface area contributed by atoms with Gasteiger partial charge >= 0.3 is 0 Å². The van der Waals surface area contributed by atoms with Gasteiger partial charge in [-0.1, -0.05) is 44.2 Å². The second-order valence-electron chi connectivity index (χ2n) is 5.13. The predicted molar refractivity (Wildman–Crippen MR) is 64.7 cm³/mol. The number of piperidine rings is 1. The summed E-state index contributed by atoms with van der Waals surface area (Å²) in [4.78, 5) is 2.59. The van der Waals surface area contributed by atoms with E-state index in [1.165, 1.54) is 25.1 Å². The Kier molecular flexibility index (Phi) is 3.42. The van der Waals surface area contributed by atoms with Crippen molar-refractivity contribution in [1.82, 2.24) is 4.90 Å². The fraction of sp³-hybridized carbons (Fsp3) is 0.571. The minimum atomic E-state index is 0.859. The number of hydrogen-bond acceptors (Lipinski definition) is 1. The Balaban J connectivity index is 1.94. The van der Waals surface area contributed by atoms with Crippen molar-refractivity contribution < 1.29 is 0 Å². The van der Waals surface area contributed by atoms with Crippen molar-refractivity contribution in [3.8, 4) is 0 Å². The highest BCUT2D eigenvalue weighted by Gasteiger charge is 2.21. The molecule has 0 saturated carbocycles. The van der Waals surface area contributed by atoms with Crippen LogP contribution >= 0.6 is 0 Å². The van der Waals surface area contributed by atoms with E-state index in [-0.39, 0.29) is 0 Å². The van der Waals surface area contributed by atoms with Crippen LogP contribution in [0.4, 0.5) is 0 Å². The van der Waals surface area contributed by atoms with Gasteiger partial charge in [0.25, 0.3) is 0 Å². The van der Waals surface area contributed by atoms with E-state index < -0.39 is 0 Å². The molecule has 0 aliphatic carbocycles. The molecular weight excluding hydrogens is 182 g/mol. The zero-order valence-corrected chi connectivity index (χ0v) is 9.82. The van der Waals surface area contributed by atoms with Crippen molar-refractivity contribution in [2.75, 3.05) is 13.1 Å². The minimum absolute atomic E-state index is 0.859. The van der Waals surface area contributed by atoms with Gasteiger partial charge in [0.05, 0.1) is 0 Å². The lowest BCUT2D eigenvalue weighted by atomic mass is 9.91. The highest BCUT2D eigenvalue weighted by atomic mass is 15.1. The van der Waals surface area contributed by atoms with Crippen molar-refractivity contribution >= 4 is 0 Å². The molecule has 2 atom stereocenters. The first kappa shape index (κ1) is 10.7. The van der Waals surface area contributed by atoms with Gasteiger partial charge in [0, 0.05) is 19.6 Å². The number of hydrogen-bond donors (Lipinski definition) is 0. The maximum Gasteiger partial charge on any atom is 0.0233 e. The monoisotopic (exact) mass is 203 g/mol. The third kappa shape index (κ3) is 3.07. The van der Waals surface area contributed by atoms with E-state index in [0.717, 1.165) is 18.4 Å². The molecule has 1 aromatic rings. The van der Waals surface area contributed by atoms with Gasteiger partial charge in [-0.25, -0.2) is 0 Å². The number of benzene rings is 1. The molecule has 1 aliphatic rings. The molecule has 0 spiro atoms. The molecule has 1 saturated heterocycles. The lowest BCUT2D eigenvalue weighted by molar-refractivity contribution is 0.134. The summed E-state index contributed by atoms with van der Waals surface area (Å²) in [5.74, 6) is 1.72. The molecule has 0 bridgehead atoms. The standard InChI is InChI=1S/C14H21N/c1-12-8-13(2)10-15(9-12)11-14-6-4-3-5-7-14/h3-7,12-13H,8-11H2,1-2H3/t12-,13-/m0/s1. The third-order valence-corrected chi connectivity index (χ3v) is 3.19. The average Bonchev–Trinajstić information content (AvgIpc) is 2.17. The van der Waals surface area contributed by atoms with Gasteiger partial charge in [-0.3, -0.25) is 4.90 Å². The number of likely N-dealkylation sites (tertiary alicyclic amines) is 1. The second kappa shape index (κ2) is 4.80. The molecule has 0 amide bonds. The Hall–Kier alpha value is -0.820. The Bertz CT molecular complexity index is 283. The molecule has 0 N–H and O–H groups in total. The number of nitrogens with zero attached hydrogens (tertiary/aromatic N) is 1. The summed E-state index contributed by atoms with van der Waals surface area (Å²) < 4.78 is 0. The maximum absolute atomic E-state index is 2.59. The molecule has 1 heterocycles. The van der Waals surface area contributed by atoms with E-state index in [0.29, 0.717) is 0 Å². The summed E-state index contributed by atoms with van der Waals surface area (Å²) in [6, 6.07) is 10.8. The maximum atomic E-state index is 2.59. The summed E-state index contributed by atoms with van der Waals surface area (Å²) >= 11 is 0. The van der Waals surface area contributed by atoms with Crippen LogP contribution in [0.2, 0.25) is 0 Å².